The molecule has 27 heavy (non-hydrogen) atoms. The average molecular weight is 384 g/mol. The number of halogens is 1. The summed E-state index contributed by atoms with van der Waals surface area (Å²) in [6, 6.07) is 15.9. The number of fused-ring (bicyclic) bond motifs is 1. The zero-order valence-corrected chi connectivity index (χ0v) is 17.2. The topological polar surface area (TPSA) is 35.9 Å². The molecule has 1 unspecified atom stereocenters. The fourth-order valence-corrected chi connectivity index (χ4v) is 3.88. The molecule has 4 nitrogen and oxygen atoms in total. The van der Waals surface area contributed by atoms with Crippen molar-refractivity contribution in [3.63, 3.8) is 0 Å². The van der Waals surface area contributed by atoms with Crippen molar-refractivity contribution in [3.8, 4) is 0 Å². The van der Waals surface area contributed by atoms with E-state index in [1.807, 2.05) is 55.6 Å². The van der Waals surface area contributed by atoms with E-state index in [1.54, 1.807) is 4.90 Å². The van der Waals surface area contributed by atoms with Gasteiger partial charge in [-0.05, 0) is 45.9 Å². The summed E-state index contributed by atoms with van der Waals surface area (Å²) in [7, 11) is 1.81. The van der Waals surface area contributed by atoms with E-state index in [9.17, 15) is 4.79 Å². The van der Waals surface area contributed by atoms with Gasteiger partial charge in [0.15, 0.2) is 6.17 Å². The number of hydrogen-bond donors (Lipinski definition) is 0. The molecule has 5 heteroatoms. The van der Waals surface area contributed by atoms with Crippen molar-refractivity contribution in [3.05, 3.63) is 64.7 Å². The summed E-state index contributed by atoms with van der Waals surface area (Å²) < 4.78 is 0. The molecule has 1 aliphatic rings. The lowest BCUT2D eigenvalue weighted by Gasteiger charge is -2.36. The Morgan fingerprint density at radius 2 is 1.67 bits per heavy atom. The van der Waals surface area contributed by atoms with E-state index >= 15 is 0 Å². The minimum Gasteiger partial charge on any atom is -0.312 e. The molecule has 0 saturated carbocycles. The Morgan fingerprint density at radius 3 is 2.26 bits per heavy atom. The smallest absolute Gasteiger partial charge is 0.266 e. The van der Waals surface area contributed by atoms with Crippen molar-refractivity contribution in [1.82, 2.24) is 4.90 Å². The SMILES string of the molecule is CC(C)N(C(C)C)C1N=C(c2ccccc2)c2cc(Cl)ccc2N(C)C1=O. The molecule has 3 rings (SSSR count). The average Bonchev–Trinajstić information content (AvgIpc) is 2.72. The van der Waals surface area contributed by atoms with E-state index in [4.69, 9.17) is 16.6 Å². The predicted molar refractivity (Wildman–Crippen MR) is 113 cm³/mol. The highest BCUT2D eigenvalue weighted by molar-refractivity contribution is 6.32. The Labute approximate surface area is 166 Å². The van der Waals surface area contributed by atoms with Crippen LogP contribution in [0.15, 0.2) is 53.5 Å². The summed E-state index contributed by atoms with van der Waals surface area (Å²) in [6.45, 7) is 8.39. The van der Waals surface area contributed by atoms with Gasteiger partial charge in [-0.25, -0.2) is 0 Å². The Bertz CT molecular complexity index is 853. The number of aliphatic imine (C=N–C) groups is 1. The minimum absolute atomic E-state index is 0.0353. The predicted octanol–water partition coefficient (Wildman–Crippen LogP) is 4.60. The first-order valence-corrected chi connectivity index (χ1v) is 9.67. The van der Waals surface area contributed by atoms with Gasteiger partial charge in [0.25, 0.3) is 5.91 Å². The molecule has 1 heterocycles. The molecule has 1 amide bonds. The van der Waals surface area contributed by atoms with Gasteiger partial charge in [-0.3, -0.25) is 14.7 Å². The molecule has 0 fully saturated rings. The number of likely N-dealkylation sites (N-methyl/N-ethyl adjacent to an activating group) is 1. The number of hydrogen-bond acceptors (Lipinski definition) is 3. The van der Waals surface area contributed by atoms with Gasteiger partial charge in [0, 0.05) is 35.3 Å². The third kappa shape index (κ3) is 3.78. The fraction of sp³-hybridized carbons (Fsp3) is 0.364. The summed E-state index contributed by atoms with van der Waals surface area (Å²) in [5.74, 6) is -0.0353. The van der Waals surface area contributed by atoms with Crippen LogP contribution in [0.3, 0.4) is 0 Å². The van der Waals surface area contributed by atoms with E-state index in [0.29, 0.717) is 5.02 Å². The molecule has 0 radical (unpaired) electrons. The zero-order valence-electron chi connectivity index (χ0n) is 16.5. The number of rotatable bonds is 4. The van der Waals surface area contributed by atoms with Crippen molar-refractivity contribution in [2.24, 2.45) is 4.99 Å². The number of carbonyl (C=O) groups excluding carboxylic acids is 1. The van der Waals surface area contributed by atoms with Crippen molar-refractivity contribution in [1.29, 1.82) is 0 Å². The zero-order chi connectivity index (χ0) is 19.7. The van der Waals surface area contributed by atoms with Crippen molar-refractivity contribution >= 4 is 28.9 Å². The normalized spacial score (nSPS) is 17.4. The Kier molecular flexibility index (Phi) is 5.68. The van der Waals surface area contributed by atoms with Crippen LogP contribution in [0.1, 0.15) is 38.8 Å². The standard InChI is InChI=1S/C22H26ClN3O/c1-14(2)26(15(3)4)21-22(27)25(5)19-12-11-17(23)13-18(19)20(24-21)16-9-7-6-8-10-16/h6-15,21H,1-5H3. The maximum atomic E-state index is 13.4. The summed E-state index contributed by atoms with van der Waals surface area (Å²) in [5.41, 5.74) is 3.46. The lowest BCUT2D eigenvalue weighted by atomic mass is 10.0. The van der Waals surface area contributed by atoms with Gasteiger partial charge in [-0.2, -0.15) is 0 Å². The molecule has 0 saturated heterocycles. The molecule has 2 aromatic carbocycles. The second-order valence-corrected chi connectivity index (χ2v) is 7.85. The van der Waals surface area contributed by atoms with Gasteiger partial charge < -0.3 is 4.90 Å². The van der Waals surface area contributed by atoms with Crippen LogP contribution in [-0.2, 0) is 4.79 Å². The quantitative estimate of drug-likeness (QED) is 0.773. The maximum Gasteiger partial charge on any atom is 0.266 e. The van der Waals surface area contributed by atoms with Crippen LogP contribution in [0.4, 0.5) is 5.69 Å². The third-order valence-corrected chi connectivity index (χ3v) is 5.14. The first kappa shape index (κ1) is 19.6. The highest BCUT2D eigenvalue weighted by Crippen LogP contribution is 2.31. The van der Waals surface area contributed by atoms with Crippen LogP contribution < -0.4 is 4.90 Å². The van der Waals surface area contributed by atoms with Crippen LogP contribution in [0.2, 0.25) is 5.02 Å². The molecule has 2 aromatic rings. The summed E-state index contributed by atoms with van der Waals surface area (Å²) in [5, 5.41) is 0.626. The van der Waals surface area contributed by atoms with Crippen molar-refractivity contribution in [2.75, 3.05) is 11.9 Å². The first-order chi connectivity index (χ1) is 12.8. The van der Waals surface area contributed by atoms with Gasteiger partial charge in [0.1, 0.15) is 0 Å². The number of benzodiazepines with no additional fused rings is 1. The summed E-state index contributed by atoms with van der Waals surface area (Å²) in [4.78, 5) is 22.2. The van der Waals surface area contributed by atoms with E-state index in [2.05, 4.69) is 32.6 Å². The van der Waals surface area contributed by atoms with Crippen molar-refractivity contribution < 1.29 is 4.79 Å². The summed E-state index contributed by atoms with van der Waals surface area (Å²) in [6.07, 6.45) is -0.587. The largest absolute Gasteiger partial charge is 0.312 e. The Hall–Kier alpha value is -2.17. The molecule has 1 aliphatic heterocycles. The van der Waals surface area contributed by atoms with Crippen LogP contribution in [0, 0.1) is 0 Å². The summed E-state index contributed by atoms with van der Waals surface area (Å²) >= 11 is 6.30. The monoisotopic (exact) mass is 383 g/mol. The minimum atomic E-state index is -0.587. The molecule has 1 atom stereocenters. The van der Waals surface area contributed by atoms with Gasteiger partial charge in [-0.15, -0.1) is 0 Å². The second kappa shape index (κ2) is 7.83. The highest BCUT2D eigenvalue weighted by Gasteiger charge is 2.36. The van der Waals surface area contributed by atoms with Crippen LogP contribution in [-0.4, -0.2) is 41.8 Å². The maximum absolute atomic E-state index is 13.4. The number of carbonyl (C=O) groups is 1. The van der Waals surface area contributed by atoms with Gasteiger partial charge in [0.2, 0.25) is 0 Å². The number of nitrogens with zero attached hydrogens (tertiary/aromatic N) is 3. The molecule has 0 aromatic heterocycles. The van der Waals surface area contributed by atoms with Crippen LogP contribution in [0.5, 0.6) is 0 Å². The number of benzene rings is 2. The van der Waals surface area contributed by atoms with Crippen molar-refractivity contribution in [2.45, 2.75) is 45.9 Å². The molecule has 0 aliphatic carbocycles. The molecule has 0 spiro atoms. The van der Waals surface area contributed by atoms with E-state index in [-0.39, 0.29) is 18.0 Å². The first-order valence-electron chi connectivity index (χ1n) is 9.29. The fourth-order valence-electron chi connectivity index (χ4n) is 3.71. The number of anilines is 1. The second-order valence-electron chi connectivity index (χ2n) is 7.41. The molecular weight excluding hydrogens is 358 g/mol. The number of amides is 1. The molecule has 142 valence electrons. The van der Waals surface area contributed by atoms with Gasteiger partial charge in [0.05, 0.1) is 11.4 Å². The molecule has 0 N–H and O–H groups in total. The Morgan fingerprint density at radius 1 is 1.04 bits per heavy atom. The third-order valence-electron chi connectivity index (χ3n) is 4.90. The lowest BCUT2D eigenvalue weighted by molar-refractivity contribution is -0.124. The van der Waals surface area contributed by atoms with E-state index < -0.39 is 6.17 Å². The highest BCUT2D eigenvalue weighted by atomic mass is 35.5. The van der Waals surface area contributed by atoms with Gasteiger partial charge in [-0.1, -0.05) is 41.9 Å². The van der Waals surface area contributed by atoms with E-state index in [0.717, 1.165) is 22.5 Å². The van der Waals surface area contributed by atoms with Gasteiger partial charge >= 0.3 is 0 Å². The Balaban J connectivity index is 2.27. The molecule has 0 bridgehead atoms. The van der Waals surface area contributed by atoms with E-state index in [1.165, 1.54) is 0 Å². The molecular formula is C22H26ClN3O. The lowest BCUT2D eigenvalue weighted by Crippen LogP contribution is -2.52. The van der Waals surface area contributed by atoms with Crippen LogP contribution in [0.25, 0.3) is 0 Å². The van der Waals surface area contributed by atoms with Crippen LogP contribution >= 0.6 is 11.6 Å².